The van der Waals surface area contributed by atoms with Crippen LogP contribution in [0.5, 0.6) is 0 Å². The van der Waals surface area contributed by atoms with Gasteiger partial charge in [0.05, 0.1) is 5.88 Å². The normalized spacial score (nSPS) is 8.11. The van der Waals surface area contributed by atoms with Crippen LogP contribution in [0.25, 0.3) is 0 Å². The lowest BCUT2D eigenvalue weighted by atomic mass is 10.6. The van der Waals surface area contributed by atoms with Gasteiger partial charge < -0.3 is 4.74 Å². The Balaban J connectivity index is 3.59. The fraction of sp³-hybridized carbons (Fsp3) is 0.167. The zero-order valence-corrected chi connectivity index (χ0v) is 5.65. The van der Waals surface area contributed by atoms with Crippen molar-refractivity contribution in [1.82, 2.24) is 0 Å². The zero-order chi connectivity index (χ0) is 7.28. The number of hydrogen-bond acceptors (Lipinski definition) is 2. The molecule has 0 saturated heterocycles. The first-order valence-corrected chi connectivity index (χ1v) is 2.82. The maximum absolute atomic E-state index is 10.3. The lowest BCUT2D eigenvalue weighted by Crippen LogP contribution is -1.99. The standard InChI is InChI=1S/C6H7ClO2/c1-3-6(8)9-5(2)4-7/h3H,1-2,4H2. The molecule has 0 heterocycles. The van der Waals surface area contributed by atoms with Crippen LogP contribution in [-0.4, -0.2) is 11.8 Å². The van der Waals surface area contributed by atoms with Crippen LogP contribution in [0.15, 0.2) is 25.0 Å². The van der Waals surface area contributed by atoms with E-state index in [0.717, 1.165) is 6.08 Å². The Morgan fingerprint density at radius 2 is 2.33 bits per heavy atom. The minimum absolute atomic E-state index is 0.125. The van der Waals surface area contributed by atoms with Crippen molar-refractivity contribution in [2.24, 2.45) is 0 Å². The zero-order valence-electron chi connectivity index (χ0n) is 4.89. The Hall–Kier alpha value is -0.760. The van der Waals surface area contributed by atoms with Crippen LogP contribution >= 0.6 is 11.6 Å². The highest BCUT2D eigenvalue weighted by Gasteiger charge is 1.96. The minimum Gasteiger partial charge on any atom is -0.427 e. The van der Waals surface area contributed by atoms with Gasteiger partial charge in [-0.05, 0) is 0 Å². The number of carbonyl (C=O) groups is 1. The van der Waals surface area contributed by atoms with E-state index in [2.05, 4.69) is 17.9 Å². The molecule has 2 nitrogen and oxygen atoms in total. The Morgan fingerprint density at radius 1 is 1.78 bits per heavy atom. The van der Waals surface area contributed by atoms with Crippen molar-refractivity contribution < 1.29 is 9.53 Å². The monoisotopic (exact) mass is 146 g/mol. The van der Waals surface area contributed by atoms with E-state index in [-0.39, 0.29) is 11.6 Å². The molecule has 0 aromatic rings. The predicted octanol–water partition coefficient (Wildman–Crippen LogP) is 1.47. The third-order valence-corrected chi connectivity index (χ3v) is 0.859. The SMILES string of the molecule is C=CC(=O)OC(=C)CCl. The van der Waals surface area contributed by atoms with Gasteiger partial charge in [0, 0.05) is 6.08 Å². The van der Waals surface area contributed by atoms with Gasteiger partial charge in [-0.1, -0.05) is 13.2 Å². The van der Waals surface area contributed by atoms with Gasteiger partial charge in [0.15, 0.2) is 0 Å². The van der Waals surface area contributed by atoms with E-state index in [4.69, 9.17) is 11.6 Å². The van der Waals surface area contributed by atoms with Crippen LogP contribution in [0.3, 0.4) is 0 Å². The second-order valence-corrected chi connectivity index (χ2v) is 1.56. The first-order chi connectivity index (χ1) is 4.20. The summed E-state index contributed by atoms with van der Waals surface area (Å²) >= 11 is 5.24. The summed E-state index contributed by atoms with van der Waals surface area (Å²) in [7, 11) is 0. The summed E-state index contributed by atoms with van der Waals surface area (Å²) in [5, 5.41) is 0. The molecule has 0 atom stereocenters. The Morgan fingerprint density at radius 3 is 2.67 bits per heavy atom. The van der Waals surface area contributed by atoms with E-state index in [1.807, 2.05) is 0 Å². The molecule has 0 aliphatic heterocycles. The molecular formula is C6H7ClO2. The largest absolute Gasteiger partial charge is 0.427 e. The fourth-order valence-corrected chi connectivity index (χ4v) is 0.266. The second kappa shape index (κ2) is 4.15. The van der Waals surface area contributed by atoms with Crippen LogP contribution in [0.4, 0.5) is 0 Å². The van der Waals surface area contributed by atoms with Crippen molar-refractivity contribution in [3.8, 4) is 0 Å². The lowest BCUT2D eigenvalue weighted by Gasteiger charge is -1.97. The average Bonchev–Trinajstić information content (AvgIpc) is 1.87. The maximum atomic E-state index is 10.3. The van der Waals surface area contributed by atoms with Crippen LogP contribution in [0.2, 0.25) is 0 Å². The van der Waals surface area contributed by atoms with E-state index in [9.17, 15) is 4.79 Å². The fourth-order valence-electron chi connectivity index (χ4n) is 0.211. The number of esters is 1. The molecule has 0 spiro atoms. The van der Waals surface area contributed by atoms with E-state index in [1.165, 1.54) is 0 Å². The van der Waals surface area contributed by atoms with Gasteiger partial charge in [0.1, 0.15) is 5.76 Å². The van der Waals surface area contributed by atoms with E-state index in [1.54, 1.807) is 0 Å². The van der Waals surface area contributed by atoms with E-state index < -0.39 is 5.97 Å². The molecular weight excluding hydrogens is 140 g/mol. The second-order valence-electron chi connectivity index (χ2n) is 1.30. The Kier molecular flexibility index (Phi) is 3.80. The van der Waals surface area contributed by atoms with Crippen molar-refractivity contribution in [3.63, 3.8) is 0 Å². The summed E-state index contributed by atoms with van der Waals surface area (Å²) in [6.07, 6.45) is 1.05. The number of halogens is 1. The summed E-state index contributed by atoms with van der Waals surface area (Å²) < 4.78 is 4.47. The summed E-state index contributed by atoms with van der Waals surface area (Å²) in [6, 6.07) is 0. The summed E-state index contributed by atoms with van der Waals surface area (Å²) in [5.74, 6) is -0.165. The van der Waals surface area contributed by atoms with Gasteiger partial charge in [-0.15, -0.1) is 11.6 Å². The highest BCUT2D eigenvalue weighted by Crippen LogP contribution is 1.96. The number of hydrogen-bond donors (Lipinski definition) is 0. The number of ether oxygens (including phenoxy) is 1. The molecule has 50 valence electrons. The molecule has 0 rings (SSSR count). The maximum Gasteiger partial charge on any atom is 0.335 e. The van der Waals surface area contributed by atoms with E-state index in [0.29, 0.717) is 0 Å². The van der Waals surface area contributed by atoms with Crippen LogP contribution < -0.4 is 0 Å². The summed E-state index contributed by atoms with van der Waals surface area (Å²) in [6.45, 7) is 6.53. The number of alkyl halides is 1. The smallest absolute Gasteiger partial charge is 0.335 e. The van der Waals surface area contributed by atoms with Crippen molar-refractivity contribution >= 4 is 17.6 Å². The molecule has 0 aliphatic rings. The molecule has 0 aromatic heterocycles. The molecule has 0 aliphatic carbocycles. The highest BCUT2D eigenvalue weighted by atomic mass is 35.5. The molecule has 3 heteroatoms. The lowest BCUT2D eigenvalue weighted by molar-refractivity contribution is -0.133. The molecule has 0 bridgehead atoms. The third-order valence-electron chi connectivity index (χ3n) is 0.561. The van der Waals surface area contributed by atoms with Crippen LogP contribution in [0, 0.1) is 0 Å². The Labute approximate surface area is 58.8 Å². The summed E-state index contributed by atoms with van der Waals surface area (Å²) in [5.41, 5.74) is 0. The molecule has 0 aromatic carbocycles. The van der Waals surface area contributed by atoms with Gasteiger partial charge in [0.2, 0.25) is 0 Å². The Bertz CT molecular complexity index is 140. The minimum atomic E-state index is -0.527. The highest BCUT2D eigenvalue weighted by molar-refractivity contribution is 6.19. The molecule has 0 saturated carbocycles. The molecule has 9 heavy (non-hydrogen) atoms. The first-order valence-electron chi connectivity index (χ1n) is 2.28. The molecule has 0 fully saturated rings. The van der Waals surface area contributed by atoms with Crippen LogP contribution in [-0.2, 0) is 9.53 Å². The van der Waals surface area contributed by atoms with Gasteiger partial charge in [-0.3, -0.25) is 0 Å². The van der Waals surface area contributed by atoms with Crippen molar-refractivity contribution in [1.29, 1.82) is 0 Å². The molecule has 0 N–H and O–H groups in total. The van der Waals surface area contributed by atoms with Gasteiger partial charge in [-0.2, -0.15) is 0 Å². The van der Waals surface area contributed by atoms with E-state index >= 15 is 0 Å². The van der Waals surface area contributed by atoms with Crippen molar-refractivity contribution in [2.75, 3.05) is 5.88 Å². The van der Waals surface area contributed by atoms with Crippen molar-refractivity contribution in [2.45, 2.75) is 0 Å². The van der Waals surface area contributed by atoms with Gasteiger partial charge in [-0.25, -0.2) is 4.79 Å². The number of allylic oxidation sites excluding steroid dienone is 1. The average molecular weight is 147 g/mol. The molecule has 0 radical (unpaired) electrons. The first kappa shape index (κ1) is 8.24. The van der Waals surface area contributed by atoms with Gasteiger partial charge in [0.25, 0.3) is 0 Å². The topological polar surface area (TPSA) is 26.3 Å². The number of rotatable bonds is 3. The molecule has 0 amide bonds. The quantitative estimate of drug-likeness (QED) is 0.261. The van der Waals surface area contributed by atoms with Crippen LogP contribution in [0.1, 0.15) is 0 Å². The summed E-state index contributed by atoms with van der Waals surface area (Å²) in [4.78, 5) is 10.3. The number of carbonyl (C=O) groups excluding carboxylic acids is 1. The van der Waals surface area contributed by atoms with Gasteiger partial charge >= 0.3 is 5.97 Å². The van der Waals surface area contributed by atoms with Crippen molar-refractivity contribution in [3.05, 3.63) is 25.0 Å². The molecule has 0 unspecified atom stereocenters. The predicted molar refractivity (Wildman–Crippen MR) is 36.1 cm³/mol. The third kappa shape index (κ3) is 3.79.